The molecule has 2 fully saturated rings. The maximum Gasteiger partial charge on any atom is 0.433 e. The van der Waals surface area contributed by atoms with Crippen LogP contribution in [0.1, 0.15) is 43.0 Å². The first kappa shape index (κ1) is 27.0. The molecule has 2 saturated heterocycles. The molecule has 0 atom stereocenters. The van der Waals surface area contributed by atoms with Crippen molar-refractivity contribution in [1.29, 1.82) is 5.26 Å². The van der Waals surface area contributed by atoms with Crippen LogP contribution < -0.4 is 4.90 Å². The van der Waals surface area contributed by atoms with E-state index in [0.717, 1.165) is 44.9 Å². The third kappa shape index (κ3) is 6.29. The summed E-state index contributed by atoms with van der Waals surface area (Å²) in [6.07, 6.45) is -3.32. The maximum absolute atomic E-state index is 13.5. The molecule has 0 aliphatic carbocycles. The Morgan fingerprint density at radius 3 is 2.38 bits per heavy atom. The molecule has 10 heteroatoms. The van der Waals surface area contributed by atoms with Crippen LogP contribution in [0.25, 0.3) is 0 Å². The van der Waals surface area contributed by atoms with Gasteiger partial charge in [0.25, 0.3) is 0 Å². The third-order valence-electron chi connectivity index (χ3n) is 7.31. The molecule has 0 radical (unpaired) electrons. The van der Waals surface area contributed by atoms with Crippen molar-refractivity contribution in [2.24, 2.45) is 0 Å². The van der Waals surface area contributed by atoms with E-state index in [0.29, 0.717) is 26.1 Å². The van der Waals surface area contributed by atoms with Gasteiger partial charge >= 0.3 is 6.18 Å². The number of amides is 1. The molecule has 7 nitrogen and oxygen atoms in total. The van der Waals surface area contributed by atoms with E-state index in [-0.39, 0.29) is 30.3 Å². The van der Waals surface area contributed by atoms with Gasteiger partial charge in [0.05, 0.1) is 5.56 Å². The number of nitrogens with zero attached hydrogens (tertiary/aromatic N) is 5. The number of hydrogen-bond acceptors (Lipinski definition) is 6. The molecule has 0 saturated carbocycles. The number of alkyl halides is 3. The first-order valence-electron chi connectivity index (χ1n) is 12.6. The lowest BCUT2D eigenvalue weighted by Gasteiger charge is -2.51. The molecular formula is C27H32F3N5O2. The Bertz CT molecular complexity index is 1110. The van der Waals surface area contributed by atoms with Crippen molar-refractivity contribution in [2.45, 2.75) is 44.4 Å². The summed E-state index contributed by atoms with van der Waals surface area (Å²) in [4.78, 5) is 23.0. The van der Waals surface area contributed by atoms with Gasteiger partial charge in [-0.05, 0) is 30.5 Å². The molecule has 2 aliphatic heterocycles. The number of carbonyl (C=O) groups is 1. The predicted octanol–water partition coefficient (Wildman–Crippen LogP) is 4.08. The van der Waals surface area contributed by atoms with Crippen LogP contribution in [-0.4, -0.2) is 72.2 Å². The Balaban J connectivity index is 1.60. The van der Waals surface area contributed by atoms with Crippen LogP contribution in [0.2, 0.25) is 0 Å². The highest BCUT2D eigenvalue weighted by atomic mass is 19.4. The van der Waals surface area contributed by atoms with Crippen molar-refractivity contribution >= 4 is 11.7 Å². The number of benzene rings is 1. The highest BCUT2D eigenvalue weighted by molar-refractivity contribution is 5.93. The van der Waals surface area contributed by atoms with E-state index < -0.39 is 17.4 Å². The van der Waals surface area contributed by atoms with Gasteiger partial charge in [0.15, 0.2) is 5.82 Å². The predicted molar refractivity (Wildman–Crippen MR) is 133 cm³/mol. The monoisotopic (exact) mass is 515 g/mol. The van der Waals surface area contributed by atoms with E-state index >= 15 is 0 Å². The number of nitriles is 1. The highest BCUT2D eigenvalue weighted by Gasteiger charge is 2.43. The van der Waals surface area contributed by atoms with E-state index in [1.54, 1.807) is 6.92 Å². The molecule has 37 heavy (non-hydrogen) atoms. The zero-order chi connectivity index (χ0) is 26.5. The van der Waals surface area contributed by atoms with Crippen LogP contribution >= 0.6 is 0 Å². The van der Waals surface area contributed by atoms with Gasteiger partial charge in [0.1, 0.15) is 11.8 Å². The summed E-state index contributed by atoms with van der Waals surface area (Å²) in [6, 6.07) is 14.1. The Labute approximate surface area is 215 Å². The number of ether oxygens (including phenoxy) is 1. The molecule has 0 spiro atoms. The van der Waals surface area contributed by atoms with Crippen LogP contribution in [0.3, 0.4) is 0 Å². The summed E-state index contributed by atoms with van der Waals surface area (Å²) in [6.45, 7) is 6.88. The number of carbonyl (C=O) groups excluding carboxylic acids is 1. The lowest BCUT2D eigenvalue weighted by Crippen LogP contribution is -2.63. The normalized spacial score (nSPS) is 18.8. The fourth-order valence-electron chi connectivity index (χ4n) is 5.21. The largest absolute Gasteiger partial charge is 0.433 e. The molecule has 0 bridgehead atoms. The zero-order valence-corrected chi connectivity index (χ0v) is 21.0. The average molecular weight is 516 g/mol. The van der Waals surface area contributed by atoms with E-state index in [1.807, 2.05) is 24.3 Å². The lowest BCUT2D eigenvalue weighted by molar-refractivity contribution is -0.141. The first-order chi connectivity index (χ1) is 17.8. The van der Waals surface area contributed by atoms with Crippen molar-refractivity contribution in [3.63, 3.8) is 0 Å². The number of anilines is 1. The second-order valence-corrected chi connectivity index (χ2v) is 9.60. The Morgan fingerprint density at radius 1 is 1.11 bits per heavy atom. The summed E-state index contributed by atoms with van der Waals surface area (Å²) >= 11 is 0. The van der Waals surface area contributed by atoms with Crippen LogP contribution in [0.4, 0.5) is 19.0 Å². The molecule has 1 aromatic heterocycles. The SMILES string of the molecule is CCC(=O)N(CC1(N2CCN(Cc3ccccc3)CC2)CCOCC1)c1nc(C(F)(F)F)ccc1C#N. The van der Waals surface area contributed by atoms with E-state index in [1.165, 1.54) is 10.5 Å². The molecular weight excluding hydrogens is 483 g/mol. The molecule has 1 aromatic carbocycles. The molecule has 0 unspecified atom stereocenters. The highest BCUT2D eigenvalue weighted by Crippen LogP contribution is 2.35. The van der Waals surface area contributed by atoms with Crippen molar-refractivity contribution in [1.82, 2.24) is 14.8 Å². The quantitative estimate of drug-likeness (QED) is 0.553. The molecule has 3 heterocycles. The molecule has 2 aliphatic rings. The summed E-state index contributed by atoms with van der Waals surface area (Å²) in [7, 11) is 0. The van der Waals surface area contributed by atoms with Crippen molar-refractivity contribution < 1.29 is 22.7 Å². The second-order valence-electron chi connectivity index (χ2n) is 9.60. The summed E-state index contributed by atoms with van der Waals surface area (Å²) in [5, 5.41) is 9.64. The third-order valence-corrected chi connectivity index (χ3v) is 7.31. The molecule has 4 rings (SSSR count). The van der Waals surface area contributed by atoms with Crippen LogP contribution in [0.15, 0.2) is 42.5 Å². The van der Waals surface area contributed by atoms with Gasteiger partial charge in [-0.3, -0.25) is 19.5 Å². The molecule has 1 amide bonds. The van der Waals surface area contributed by atoms with Crippen molar-refractivity contribution in [3.8, 4) is 6.07 Å². The number of halogens is 3. The van der Waals surface area contributed by atoms with Crippen LogP contribution in [-0.2, 0) is 22.3 Å². The van der Waals surface area contributed by atoms with Crippen molar-refractivity contribution in [2.75, 3.05) is 50.8 Å². The Kier molecular flexibility index (Phi) is 8.47. The van der Waals surface area contributed by atoms with Crippen LogP contribution in [0, 0.1) is 11.3 Å². The average Bonchev–Trinajstić information content (AvgIpc) is 2.92. The lowest BCUT2D eigenvalue weighted by atomic mass is 9.86. The van der Waals surface area contributed by atoms with Gasteiger partial charge in [0, 0.05) is 64.4 Å². The maximum atomic E-state index is 13.5. The number of hydrogen-bond donors (Lipinski definition) is 0. The van der Waals surface area contributed by atoms with E-state index in [9.17, 15) is 23.2 Å². The number of pyridine rings is 1. The number of piperazine rings is 1. The van der Waals surface area contributed by atoms with Gasteiger partial charge in [-0.2, -0.15) is 18.4 Å². The summed E-state index contributed by atoms with van der Waals surface area (Å²) in [5.74, 6) is -0.588. The van der Waals surface area contributed by atoms with Crippen molar-refractivity contribution in [3.05, 3.63) is 59.3 Å². The Hall–Kier alpha value is -3.00. The second kappa shape index (κ2) is 11.6. The van der Waals surface area contributed by atoms with Gasteiger partial charge < -0.3 is 4.74 Å². The Morgan fingerprint density at radius 2 is 1.78 bits per heavy atom. The van der Waals surface area contributed by atoms with E-state index in [4.69, 9.17) is 4.74 Å². The zero-order valence-electron chi connectivity index (χ0n) is 21.0. The topological polar surface area (TPSA) is 72.7 Å². The van der Waals surface area contributed by atoms with Gasteiger partial charge in [-0.1, -0.05) is 37.3 Å². The molecule has 0 N–H and O–H groups in total. The first-order valence-corrected chi connectivity index (χ1v) is 12.6. The standard InChI is InChI=1S/C27H32F3N5O2/c1-2-24(36)35(25-22(18-31)8-9-23(32-25)27(28,29)30)20-26(10-16-37-17-11-26)34-14-12-33(13-15-34)19-21-6-4-3-5-7-21/h3-9H,2,10-17,19-20H2,1H3. The number of aromatic nitrogens is 1. The smallest absolute Gasteiger partial charge is 0.381 e. The van der Waals surface area contributed by atoms with Gasteiger partial charge in [0.2, 0.25) is 5.91 Å². The van der Waals surface area contributed by atoms with Gasteiger partial charge in [-0.25, -0.2) is 4.98 Å². The number of rotatable bonds is 7. The fraction of sp³-hybridized carbons (Fsp3) is 0.519. The summed E-state index contributed by atoms with van der Waals surface area (Å²) < 4.78 is 46.1. The minimum atomic E-state index is -4.69. The summed E-state index contributed by atoms with van der Waals surface area (Å²) in [5.41, 5.74) is -0.406. The molecule has 2 aromatic rings. The van der Waals surface area contributed by atoms with Gasteiger partial charge in [-0.15, -0.1) is 0 Å². The minimum absolute atomic E-state index is 0.0512. The van der Waals surface area contributed by atoms with Crippen LogP contribution in [0.5, 0.6) is 0 Å². The fourth-order valence-corrected chi connectivity index (χ4v) is 5.21. The molecule has 198 valence electrons. The minimum Gasteiger partial charge on any atom is -0.381 e. The van der Waals surface area contributed by atoms with E-state index in [2.05, 4.69) is 26.9 Å².